The van der Waals surface area contributed by atoms with Crippen molar-refractivity contribution in [1.82, 2.24) is 0 Å². The summed E-state index contributed by atoms with van der Waals surface area (Å²) in [6, 6.07) is 8.09. The third-order valence-corrected chi connectivity index (χ3v) is 5.09. The van der Waals surface area contributed by atoms with Crippen molar-refractivity contribution in [2.45, 2.75) is 57.2 Å². The van der Waals surface area contributed by atoms with E-state index in [-0.39, 0.29) is 5.75 Å². The first-order chi connectivity index (χ1) is 9.96. The Morgan fingerprint density at radius 1 is 1.14 bits per heavy atom. The van der Waals surface area contributed by atoms with E-state index in [0.717, 1.165) is 17.2 Å². The minimum absolute atomic E-state index is 0.102. The van der Waals surface area contributed by atoms with Crippen molar-refractivity contribution >= 4 is 15.7 Å². The normalized spacial score (nSPS) is 23.5. The van der Waals surface area contributed by atoms with Crippen molar-refractivity contribution in [3.05, 3.63) is 29.8 Å². The number of hydrogen-bond donors (Lipinski definition) is 2. The minimum atomic E-state index is -3.45. The maximum Gasteiger partial charge on any atom is 0.213 e. The number of anilines is 1. The van der Waals surface area contributed by atoms with E-state index in [1.54, 1.807) is 0 Å². The van der Waals surface area contributed by atoms with Gasteiger partial charge in [-0.25, -0.2) is 13.6 Å². The lowest BCUT2D eigenvalue weighted by molar-refractivity contribution is 0.444. The molecule has 1 aliphatic carbocycles. The van der Waals surface area contributed by atoms with Crippen molar-refractivity contribution < 1.29 is 8.42 Å². The molecule has 3 N–H and O–H groups in total. The van der Waals surface area contributed by atoms with Crippen LogP contribution < -0.4 is 10.5 Å². The molecule has 5 heteroatoms. The summed E-state index contributed by atoms with van der Waals surface area (Å²) in [6.07, 6.45) is 7.67. The molecule has 1 aromatic carbocycles. The first-order valence-electron chi connectivity index (χ1n) is 7.82. The average molecular weight is 310 g/mol. The lowest BCUT2D eigenvalue weighted by atomic mass is 9.98. The predicted octanol–water partition coefficient (Wildman–Crippen LogP) is 3.25. The van der Waals surface area contributed by atoms with Gasteiger partial charge in [0.1, 0.15) is 0 Å². The molecule has 0 amide bonds. The molecule has 4 nitrogen and oxygen atoms in total. The van der Waals surface area contributed by atoms with Crippen LogP contribution in [-0.4, -0.2) is 14.5 Å². The Kier molecular flexibility index (Phi) is 5.65. The average Bonchev–Trinajstić information content (AvgIpc) is 2.64. The van der Waals surface area contributed by atoms with E-state index < -0.39 is 10.0 Å². The summed E-state index contributed by atoms with van der Waals surface area (Å²) in [5.41, 5.74) is 1.79. The molecule has 2 rings (SSSR count). The number of sulfonamides is 1. The van der Waals surface area contributed by atoms with Crippen LogP contribution in [0.3, 0.4) is 0 Å². The van der Waals surface area contributed by atoms with Crippen molar-refractivity contribution in [3.63, 3.8) is 0 Å². The summed E-state index contributed by atoms with van der Waals surface area (Å²) >= 11 is 0. The second-order valence-corrected chi connectivity index (χ2v) is 7.74. The molecule has 1 aliphatic rings. The maximum atomic E-state index is 11.1. The quantitative estimate of drug-likeness (QED) is 0.820. The first kappa shape index (κ1) is 16.3. The molecular weight excluding hydrogens is 284 g/mol. The van der Waals surface area contributed by atoms with Gasteiger partial charge in [-0.05, 0) is 42.9 Å². The second-order valence-electron chi connectivity index (χ2n) is 6.13. The summed E-state index contributed by atoms with van der Waals surface area (Å²) in [7, 11) is -3.45. The summed E-state index contributed by atoms with van der Waals surface area (Å²) in [6.45, 7) is 2.28. The topological polar surface area (TPSA) is 72.2 Å². The molecule has 1 aromatic rings. The Hall–Kier alpha value is -1.07. The van der Waals surface area contributed by atoms with Crippen LogP contribution in [0.1, 0.15) is 51.0 Å². The standard InChI is InChI=1S/C16H26N2O2S/c1-2-13-4-3-5-15(9-6-13)18-16-10-7-14(8-11-16)12-21(17,19)20/h7-8,10-11,13,15,18H,2-6,9,12H2,1H3,(H2,17,19,20). The van der Waals surface area contributed by atoms with Gasteiger partial charge in [0, 0.05) is 11.7 Å². The molecule has 0 bridgehead atoms. The lowest BCUT2D eigenvalue weighted by Crippen LogP contribution is -2.18. The largest absolute Gasteiger partial charge is 0.382 e. The zero-order chi connectivity index (χ0) is 15.3. The van der Waals surface area contributed by atoms with Gasteiger partial charge in [-0.1, -0.05) is 38.3 Å². The smallest absolute Gasteiger partial charge is 0.213 e. The molecule has 2 unspecified atom stereocenters. The van der Waals surface area contributed by atoms with Crippen LogP contribution in [0.2, 0.25) is 0 Å². The highest BCUT2D eigenvalue weighted by Gasteiger charge is 2.17. The highest BCUT2D eigenvalue weighted by molar-refractivity contribution is 7.88. The third-order valence-electron chi connectivity index (χ3n) is 4.36. The molecule has 118 valence electrons. The van der Waals surface area contributed by atoms with E-state index in [0.29, 0.717) is 6.04 Å². The maximum absolute atomic E-state index is 11.1. The fourth-order valence-electron chi connectivity index (χ4n) is 3.10. The molecular formula is C16H26N2O2S. The van der Waals surface area contributed by atoms with E-state index in [2.05, 4.69) is 12.2 Å². The van der Waals surface area contributed by atoms with Crippen LogP contribution >= 0.6 is 0 Å². The van der Waals surface area contributed by atoms with Crippen LogP contribution in [0.15, 0.2) is 24.3 Å². The van der Waals surface area contributed by atoms with Gasteiger partial charge in [-0.2, -0.15) is 0 Å². The number of primary sulfonamides is 1. The van der Waals surface area contributed by atoms with Crippen LogP contribution in [0.5, 0.6) is 0 Å². The van der Waals surface area contributed by atoms with E-state index >= 15 is 0 Å². The number of nitrogens with two attached hydrogens (primary N) is 1. The fourth-order valence-corrected chi connectivity index (χ4v) is 3.75. The zero-order valence-electron chi connectivity index (χ0n) is 12.7. The highest BCUT2D eigenvalue weighted by atomic mass is 32.2. The Bertz CT molecular complexity index is 540. The van der Waals surface area contributed by atoms with Crippen molar-refractivity contribution in [2.75, 3.05) is 5.32 Å². The van der Waals surface area contributed by atoms with Gasteiger partial charge >= 0.3 is 0 Å². The Labute approximate surface area is 128 Å². The van der Waals surface area contributed by atoms with Gasteiger partial charge in [0.25, 0.3) is 0 Å². The van der Waals surface area contributed by atoms with Crippen LogP contribution in [-0.2, 0) is 15.8 Å². The van der Waals surface area contributed by atoms with Gasteiger partial charge in [0.2, 0.25) is 10.0 Å². The number of benzene rings is 1. The number of nitrogens with one attached hydrogen (secondary N) is 1. The minimum Gasteiger partial charge on any atom is -0.382 e. The third kappa shape index (κ3) is 5.67. The fraction of sp³-hybridized carbons (Fsp3) is 0.625. The Balaban J connectivity index is 1.91. The van der Waals surface area contributed by atoms with Gasteiger partial charge in [-0.3, -0.25) is 0 Å². The van der Waals surface area contributed by atoms with Gasteiger partial charge < -0.3 is 5.32 Å². The van der Waals surface area contributed by atoms with Gasteiger partial charge in [0.15, 0.2) is 0 Å². The number of rotatable bonds is 5. The predicted molar refractivity (Wildman–Crippen MR) is 87.5 cm³/mol. The summed E-state index contributed by atoms with van der Waals surface area (Å²) < 4.78 is 22.1. The summed E-state index contributed by atoms with van der Waals surface area (Å²) in [4.78, 5) is 0. The molecule has 1 saturated carbocycles. The van der Waals surface area contributed by atoms with E-state index in [1.165, 1.54) is 38.5 Å². The molecule has 2 atom stereocenters. The molecule has 0 aromatic heterocycles. The van der Waals surface area contributed by atoms with Gasteiger partial charge in [-0.15, -0.1) is 0 Å². The molecule has 0 saturated heterocycles. The van der Waals surface area contributed by atoms with Crippen LogP contribution in [0.4, 0.5) is 5.69 Å². The molecule has 1 fully saturated rings. The molecule has 21 heavy (non-hydrogen) atoms. The Morgan fingerprint density at radius 3 is 2.48 bits per heavy atom. The van der Waals surface area contributed by atoms with Crippen molar-refractivity contribution in [3.8, 4) is 0 Å². The highest BCUT2D eigenvalue weighted by Crippen LogP contribution is 2.27. The molecule has 0 radical (unpaired) electrons. The second kappa shape index (κ2) is 7.27. The SMILES string of the molecule is CCC1CCCC(Nc2ccc(CS(N)(=O)=O)cc2)CC1. The van der Waals surface area contributed by atoms with Crippen molar-refractivity contribution in [2.24, 2.45) is 11.1 Å². The molecule has 0 spiro atoms. The molecule has 0 aliphatic heterocycles. The zero-order valence-corrected chi connectivity index (χ0v) is 13.5. The van der Waals surface area contributed by atoms with E-state index in [9.17, 15) is 8.42 Å². The van der Waals surface area contributed by atoms with Crippen LogP contribution in [0.25, 0.3) is 0 Å². The summed E-state index contributed by atoms with van der Waals surface area (Å²) in [5.74, 6) is 0.781. The monoisotopic (exact) mass is 310 g/mol. The Morgan fingerprint density at radius 2 is 1.86 bits per heavy atom. The lowest BCUT2D eigenvalue weighted by Gasteiger charge is -2.18. The van der Waals surface area contributed by atoms with Crippen molar-refractivity contribution in [1.29, 1.82) is 0 Å². The van der Waals surface area contributed by atoms with E-state index in [1.807, 2.05) is 24.3 Å². The van der Waals surface area contributed by atoms with Crippen LogP contribution in [0, 0.1) is 5.92 Å². The van der Waals surface area contributed by atoms with E-state index in [4.69, 9.17) is 5.14 Å². The summed E-state index contributed by atoms with van der Waals surface area (Å²) in [5, 5.41) is 8.63. The first-order valence-corrected chi connectivity index (χ1v) is 9.54. The molecule has 0 heterocycles. The van der Waals surface area contributed by atoms with Gasteiger partial charge in [0.05, 0.1) is 5.75 Å². The number of hydrogen-bond acceptors (Lipinski definition) is 3.